The fraction of sp³-hybridized carbons (Fsp3) is 0.258. The van der Waals surface area contributed by atoms with Crippen LogP contribution in [0.4, 0.5) is 18.9 Å². The molecule has 0 spiro atoms. The predicted octanol–water partition coefficient (Wildman–Crippen LogP) is 5.73. The normalized spacial score (nSPS) is 16.5. The molecule has 47 heavy (non-hydrogen) atoms. The molecule has 0 aliphatic carbocycles. The number of hydrogen-bond donors (Lipinski definition) is 3. The van der Waals surface area contributed by atoms with E-state index in [4.69, 9.17) is 26.5 Å². The van der Waals surface area contributed by atoms with E-state index in [0.29, 0.717) is 29.2 Å². The van der Waals surface area contributed by atoms with Crippen molar-refractivity contribution in [1.29, 1.82) is 0 Å². The number of benzene rings is 1. The van der Waals surface area contributed by atoms with Gasteiger partial charge in [0.05, 0.1) is 47.5 Å². The Balaban J connectivity index is 0.000000559. The van der Waals surface area contributed by atoms with Crippen molar-refractivity contribution >= 4 is 29.2 Å². The number of amides is 1. The third kappa shape index (κ3) is 7.41. The lowest BCUT2D eigenvalue weighted by atomic mass is 9.96. The molecule has 1 aliphatic heterocycles. The molecule has 1 amide bonds. The second-order valence-electron chi connectivity index (χ2n) is 10.8. The number of fused-ring (bicyclic) bond motifs is 4. The van der Waals surface area contributed by atoms with Crippen molar-refractivity contribution in [2.24, 2.45) is 13.0 Å². The number of aromatic nitrogens is 7. The molecule has 3 N–H and O–H groups in total. The van der Waals surface area contributed by atoms with Crippen molar-refractivity contribution < 1.29 is 27.9 Å². The Morgan fingerprint density at radius 3 is 2.49 bits per heavy atom. The zero-order valence-corrected chi connectivity index (χ0v) is 25.7. The summed E-state index contributed by atoms with van der Waals surface area (Å²) in [4.78, 5) is 44.8. The van der Waals surface area contributed by atoms with Gasteiger partial charge >= 0.3 is 12.1 Å². The van der Waals surface area contributed by atoms with Gasteiger partial charge in [0.15, 0.2) is 0 Å². The number of pyridine rings is 1. The van der Waals surface area contributed by atoms with Crippen LogP contribution in [0.3, 0.4) is 0 Å². The van der Waals surface area contributed by atoms with Crippen LogP contribution >= 0.6 is 11.6 Å². The fourth-order valence-electron chi connectivity index (χ4n) is 5.25. The summed E-state index contributed by atoms with van der Waals surface area (Å²) in [6.45, 7) is 1.91. The van der Waals surface area contributed by atoms with E-state index >= 15 is 0 Å². The molecule has 1 aliphatic rings. The van der Waals surface area contributed by atoms with Gasteiger partial charge in [-0.2, -0.15) is 23.4 Å². The van der Waals surface area contributed by atoms with Gasteiger partial charge in [-0.05, 0) is 42.7 Å². The molecule has 2 bridgehead atoms. The van der Waals surface area contributed by atoms with Crippen molar-refractivity contribution in [3.63, 3.8) is 0 Å². The lowest BCUT2D eigenvalue weighted by Crippen LogP contribution is -2.27. The number of nitrogens with one attached hydrogen (secondary N) is 2. The minimum Gasteiger partial charge on any atom is -0.475 e. The number of aryl methyl sites for hydroxylation is 1. The standard InChI is InChI=1S/C29H27ClN8O2.C2HF3O2/c1-17-4-3-5-26(24-10-18(8-9-31-24)28-25(36-29(17)40)15-35-37(28)2)38-16-32-23(12-27(38)39)22-11-20(30)6-7-21(22)19-13-33-34-14-19;3-2(4,5)1(6)7/h6-17,26H,3-5H2,1-2H3,(H,33,34)(H,36,40);(H,6,7)/t17-,26+;/m1./s1. The van der Waals surface area contributed by atoms with E-state index in [9.17, 15) is 22.8 Å². The summed E-state index contributed by atoms with van der Waals surface area (Å²) in [6.07, 6.45) is 5.37. The summed E-state index contributed by atoms with van der Waals surface area (Å²) in [5.41, 5.74) is 5.78. The number of carbonyl (C=O) groups excluding carboxylic acids is 1. The van der Waals surface area contributed by atoms with E-state index in [1.807, 2.05) is 32.2 Å². The number of carbonyl (C=O) groups is 2. The first-order valence-electron chi connectivity index (χ1n) is 14.3. The van der Waals surface area contributed by atoms with Crippen molar-refractivity contribution in [2.45, 2.75) is 38.4 Å². The van der Waals surface area contributed by atoms with Crippen LogP contribution in [-0.4, -0.2) is 57.7 Å². The summed E-state index contributed by atoms with van der Waals surface area (Å²) in [6, 6.07) is 10.5. The third-order valence-electron chi connectivity index (χ3n) is 7.64. The smallest absolute Gasteiger partial charge is 0.475 e. The van der Waals surface area contributed by atoms with Crippen LogP contribution in [0.1, 0.15) is 37.9 Å². The minimum atomic E-state index is -5.08. The lowest BCUT2D eigenvalue weighted by molar-refractivity contribution is -0.192. The topological polar surface area (TPSA) is 161 Å². The molecule has 0 saturated carbocycles. The van der Waals surface area contributed by atoms with Crippen LogP contribution in [0.25, 0.3) is 33.6 Å². The van der Waals surface area contributed by atoms with Crippen LogP contribution in [0.15, 0.2) is 72.3 Å². The molecule has 0 unspecified atom stereocenters. The SMILES string of the molecule is C[C@@H]1CCC[C@H](n2cnc(-c3cc(Cl)ccc3-c3cn[nH]c3)cc2=O)c2cc(ccn2)-c2c(cnn2C)NC1=O.O=C(O)C(F)(F)F. The van der Waals surface area contributed by atoms with Crippen molar-refractivity contribution in [3.8, 4) is 33.6 Å². The highest BCUT2D eigenvalue weighted by molar-refractivity contribution is 6.31. The quantitative estimate of drug-likeness (QED) is 0.220. The monoisotopic (exact) mass is 668 g/mol. The van der Waals surface area contributed by atoms with Gasteiger partial charge in [0, 0.05) is 53.1 Å². The second-order valence-corrected chi connectivity index (χ2v) is 11.3. The number of nitrogens with zero attached hydrogens (tertiary/aromatic N) is 6. The van der Waals surface area contributed by atoms with E-state index < -0.39 is 12.1 Å². The molecule has 5 heterocycles. The van der Waals surface area contributed by atoms with Gasteiger partial charge in [-0.15, -0.1) is 0 Å². The number of carboxylic acid groups (broad SMARTS) is 1. The van der Waals surface area contributed by atoms with E-state index in [2.05, 4.69) is 25.6 Å². The first-order valence-corrected chi connectivity index (χ1v) is 14.7. The molecule has 0 fully saturated rings. The van der Waals surface area contributed by atoms with Crippen LogP contribution in [-0.2, 0) is 16.6 Å². The maximum atomic E-state index is 13.7. The minimum absolute atomic E-state index is 0.0567. The van der Waals surface area contributed by atoms with Crippen molar-refractivity contribution in [1.82, 2.24) is 34.5 Å². The number of halogens is 4. The Labute approximate surface area is 270 Å². The Morgan fingerprint density at radius 2 is 1.81 bits per heavy atom. The van der Waals surface area contributed by atoms with Crippen molar-refractivity contribution in [3.05, 3.63) is 88.6 Å². The van der Waals surface area contributed by atoms with Gasteiger partial charge in [0.1, 0.15) is 0 Å². The van der Waals surface area contributed by atoms with E-state index in [1.54, 1.807) is 52.5 Å². The summed E-state index contributed by atoms with van der Waals surface area (Å²) in [5, 5.41) is 21.9. The number of hydrogen-bond acceptors (Lipinski definition) is 7. The molecule has 0 radical (unpaired) electrons. The number of anilines is 1. The lowest BCUT2D eigenvalue weighted by Gasteiger charge is -2.22. The zero-order valence-electron chi connectivity index (χ0n) is 25.0. The summed E-state index contributed by atoms with van der Waals surface area (Å²) in [7, 11) is 1.83. The number of aliphatic carboxylic acids is 1. The average molecular weight is 669 g/mol. The Hall–Kier alpha value is -5.31. The summed E-state index contributed by atoms with van der Waals surface area (Å²) >= 11 is 6.33. The Kier molecular flexibility index (Phi) is 9.56. The van der Waals surface area contributed by atoms with Gasteiger partial charge in [0.25, 0.3) is 5.56 Å². The molecule has 244 valence electrons. The van der Waals surface area contributed by atoms with Gasteiger partial charge in [-0.1, -0.05) is 31.0 Å². The van der Waals surface area contributed by atoms with Crippen LogP contribution < -0.4 is 10.9 Å². The molecule has 4 aromatic heterocycles. The zero-order chi connectivity index (χ0) is 33.9. The van der Waals surface area contributed by atoms with Crippen LogP contribution in [0.2, 0.25) is 5.02 Å². The van der Waals surface area contributed by atoms with Gasteiger partial charge in [-0.3, -0.25) is 28.9 Å². The second kappa shape index (κ2) is 13.6. The third-order valence-corrected chi connectivity index (χ3v) is 7.87. The molecule has 1 aromatic carbocycles. The molecular formula is C31H28ClF3N8O4. The average Bonchev–Trinajstić information content (AvgIpc) is 3.69. The van der Waals surface area contributed by atoms with Crippen molar-refractivity contribution in [2.75, 3.05) is 5.32 Å². The maximum absolute atomic E-state index is 13.7. The number of alkyl halides is 3. The molecule has 16 heteroatoms. The number of carboxylic acids is 1. The van der Waals surface area contributed by atoms with Gasteiger partial charge < -0.3 is 10.4 Å². The fourth-order valence-corrected chi connectivity index (χ4v) is 5.42. The highest BCUT2D eigenvalue weighted by Gasteiger charge is 2.38. The number of aromatic amines is 1. The Morgan fingerprint density at radius 1 is 1.04 bits per heavy atom. The first-order chi connectivity index (χ1) is 22.3. The molecule has 12 nitrogen and oxygen atoms in total. The number of H-pyrrole nitrogens is 1. The summed E-state index contributed by atoms with van der Waals surface area (Å²) < 4.78 is 35.1. The van der Waals surface area contributed by atoms with Crippen LogP contribution in [0.5, 0.6) is 0 Å². The number of rotatable bonds is 3. The highest BCUT2D eigenvalue weighted by Crippen LogP contribution is 2.34. The van der Waals surface area contributed by atoms with Gasteiger partial charge in [0.2, 0.25) is 5.91 Å². The molecular weight excluding hydrogens is 641 g/mol. The molecule has 0 saturated heterocycles. The largest absolute Gasteiger partial charge is 0.490 e. The first kappa shape index (κ1) is 33.1. The van der Waals surface area contributed by atoms with E-state index in [-0.39, 0.29) is 23.4 Å². The van der Waals surface area contributed by atoms with E-state index in [1.165, 1.54) is 6.07 Å². The maximum Gasteiger partial charge on any atom is 0.490 e. The van der Waals surface area contributed by atoms with E-state index in [0.717, 1.165) is 40.1 Å². The van der Waals surface area contributed by atoms with Crippen LogP contribution in [0, 0.1) is 5.92 Å². The molecule has 5 aromatic rings. The molecule has 6 rings (SSSR count). The Bertz CT molecular complexity index is 1970. The van der Waals surface area contributed by atoms with Gasteiger partial charge in [-0.25, -0.2) is 9.78 Å². The molecule has 2 atom stereocenters. The summed E-state index contributed by atoms with van der Waals surface area (Å²) in [5.74, 6) is -3.02. The predicted molar refractivity (Wildman–Crippen MR) is 166 cm³/mol. The highest BCUT2D eigenvalue weighted by atomic mass is 35.5.